The second kappa shape index (κ2) is 7.87. The van der Waals surface area contributed by atoms with Crippen LogP contribution in [0.1, 0.15) is 16.1 Å². The molecule has 0 radical (unpaired) electrons. The van der Waals surface area contributed by atoms with Crippen LogP contribution in [0.3, 0.4) is 0 Å². The molecule has 0 saturated carbocycles. The van der Waals surface area contributed by atoms with Crippen LogP contribution in [0.4, 0.5) is 0 Å². The average Bonchev–Trinajstić information content (AvgIpc) is 3.19. The van der Waals surface area contributed by atoms with Crippen LogP contribution < -0.4 is 5.14 Å². The Bertz CT molecular complexity index is 1310. The van der Waals surface area contributed by atoms with Crippen LogP contribution in [0.15, 0.2) is 90.0 Å². The number of nitrogens with zero attached hydrogens (tertiary/aromatic N) is 2. The summed E-state index contributed by atoms with van der Waals surface area (Å²) in [4.78, 5) is 17.5. The maximum absolute atomic E-state index is 12.9. The molecule has 0 bridgehead atoms. The Morgan fingerprint density at radius 2 is 1.53 bits per heavy atom. The summed E-state index contributed by atoms with van der Waals surface area (Å²) in [5.74, 6) is 0.267. The minimum Gasteiger partial charge on any atom is -0.299 e. The van der Waals surface area contributed by atoms with Crippen molar-refractivity contribution in [3.05, 3.63) is 101 Å². The molecule has 150 valence electrons. The molecule has 0 aliphatic heterocycles. The first-order chi connectivity index (χ1) is 14.3. The summed E-state index contributed by atoms with van der Waals surface area (Å²) in [5, 5.41) is 5.77. The number of sulfonamides is 1. The maximum Gasteiger partial charge on any atom is 0.238 e. The molecule has 30 heavy (non-hydrogen) atoms. The lowest BCUT2D eigenvalue weighted by Crippen LogP contribution is -2.11. The molecule has 8 heteroatoms. The largest absolute Gasteiger partial charge is 0.299 e. The van der Waals surface area contributed by atoms with Crippen molar-refractivity contribution in [3.8, 4) is 17.1 Å². The van der Waals surface area contributed by atoms with Gasteiger partial charge in [0.15, 0.2) is 0 Å². The van der Waals surface area contributed by atoms with E-state index in [0.29, 0.717) is 22.0 Å². The second-order valence-electron chi connectivity index (χ2n) is 6.56. The Morgan fingerprint density at radius 3 is 2.13 bits per heavy atom. The van der Waals surface area contributed by atoms with Gasteiger partial charge in [0.2, 0.25) is 15.8 Å². The summed E-state index contributed by atoms with van der Waals surface area (Å²) in [5.41, 5.74) is 2.17. The normalized spacial score (nSPS) is 11.4. The molecule has 6 nitrogen and oxygen atoms in total. The number of primary sulfonamides is 1. The van der Waals surface area contributed by atoms with Crippen LogP contribution in [0, 0.1) is 0 Å². The highest BCUT2D eigenvalue weighted by molar-refractivity contribution is 7.89. The molecule has 0 saturated heterocycles. The Morgan fingerprint density at radius 1 is 0.900 bits per heavy atom. The standard InChI is InChI=1S/C22H16ClN3O3S/c23-17-8-10-18(11-9-17)26-14-20(21(27)15-4-2-1-3-5-15)25-22(26)16-6-12-19(13-7-16)30(24,28)29/h1-14H,(H2,24,28,29). The van der Waals surface area contributed by atoms with E-state index >= 15 is 0 Å². The maximum atomic E-state index is 12.9. The van der Waals surface area contributed by atoms with Gasteiger partial charge in [-0.2, -0.15) is 0 Å². The van der Waals surface area contributed by atoms with Gasteiger partial charge < -0.3 is 0 Å². The molecule has 0 fully saturated rings. The summed E-state index contributed by atoms with van der Waals surface area (Å²) in [7, 11) is -3.81. The fraction of sp³-hybridized carbons (Fsp3) is 0. The first kappa shape index (κ1) is 20.0. The van der Waals surface area contributed by atoms with Gasteiger partial charge in [0.05, 0.1) is 4.90 Å². The minimum atomic E-state index is -3.81. The Hall–Kier alpha value is -3.26. The summed E-state index contributed by atoms with van der Waals surface area (Å²) >= 11 is 6.00. The van der Waals surface area contributed by atoms with E-state index in [1.54, 1.807) is 59.3 Å². The Balaban J connectivity index is 1.84. The van der Waals surface area contributed by atoms with Gasteiger partial charge in [-0.05, 0) is 48.5 Å². The van der Waals surface area contributed by atoms with E-state index in [4.69, 9.17) is 16.7 Å². The highest BCUT2D eigenvalue weighted by atomic mass is 35.5. The van der Waals surface area contributed by atoms with Crippen molar-refractivity contribution in [1.82, 2.24) is 9.55 Å². The average molecular weight is 438 g/mol. The van der Waals surface area contributed by atoms with Crippen LogP contribution in [0.2, 0.25) is 5.02 Å². The lowest BCUT2D eigenvalue weighted by molar-refractivity contribution is 0.103. The van der Waals surface area contributed by atoms with Crippen LogP contribution in [0.5, 0.6) is 0 Å². The Kier molecular flexibility index (Phi) is 5.26. The van der Waals surface area contributed by atoms with E-state index < -0.39 is 10.0 Å². The van der Waals surface area contributed by atoms with E-state index in [1.165, 1.54) is 12.1 Å². The van der Waals surface area contributed by atoms with E-state index in [1.807, 2.05) is 18.2 Å². The number of benzene rings is 3. The third-order valence-electron chi connectivity index (χ3n) is 4.52. The highest BCUT2D eigenvalue weighted by Crippen LogP contribution is 2.26. The number of halogens is 1. The summed E-state index contributed by atoms with van der Waals surface area (Å²) in [6.07, 6.45) is 1.65. The van der Waals surface area contributed by atoms with Gasteiger partial charge >= 0.3 is 0 Å². The van der Waals surface area contributed by atoms with Crippen molar-refractivity contribution in [2.75, 3.05) is 0 Å². The quantitative estimate of drug-likeness (QED) is 0.476. The third kappa shape index (κ3) is 4.04. The zero-order chi connectivity index (χ0) is 21.3. The van der Waals surface area contributed by atoms with Gasteiger partial charge in [-0.3, -0.25) is 9.36 Å². The van der Waals surface area contributed by atoms with Gasteiger partial charge in [-0.25, -0.2) is 18.5 Å². The molecule has 2 N–H and O–H groups in total. The fourth-order valence-electron chi connectivity index (χ4n) is 3.02. The molecule has 0 aliphatic rings. The van der Waals surface area contributed by atoms with Gasteiger partial charge in [0, 0.05) is 28.0 Å². The number of carbonyl (C=O) groups is 1. The third-order valence-corrected chi connectivity index (χ3v) is 5.70. The molecule has 0 spiro atoms. The molecular weight excluding hydrogens is 422 g/mol. The molecule has 0 atom stereocenters. The van der Waals surface area contributed by atoms with Crippen molar-refractivity contribution in [2.45, 2.75) is 4.90 Å². The lowest BCUT2D eigenvalue weighted by atomic mass is 10.1. The number of nitrogens with two attached hydrogens (primary N) is 1. The Labute approximate surface area is 178 Å². The van der Waals surface area contributed by atoms with Crippen LogP contribution in [-0.4, -0.2) is 23.8 Å². The predicted octanol–water partition coefficient (Wildman–Crippen LogP) is 4.07. The molecule has 1 aromatic heterocycles. The van der Waals surface area contributed by atoms with Crippen molar-refractivity contribution in [3.63, 3.8) is 0 Å². The van der Waals surface area contributed by atoms with Crippen LogP contribution in [0.25, 0.3) is 17.1 Å². The van der Waals surface area contributed by atoms with Crippen LogP contribution in [-0.2, 0) is 10.0 Å². The number of hydrogen-bond donors (Lipinski definition) is 1. The first-order valence-electron chi connectivity index (χ1n) is 8.91. The first-order valence-corrected chi connectivity index (χ1v) is 10.8. The molecule has 4 rings (SSSR count). The number of aromatic nitrogens is 2. The lowest BCUT2D eigenvalue weighted by Gasteiger charge is -2.08. The second-order valence-corrected chi connectivity index (χ2v) is 8.56. The van der Waals surface area contributed by atoms with Gasteiger partial charge in [-0.15, -0.1) is 0 Å². The molecule has 0 aliphatic carbocycles. The minimum absolute atomic E-state index is 0.00330. The smallest absolute Gasteiger partial charge is 0.238 e. The zero-order valence-electron chi connectivity index (χ0n) is 15.6. The molecule has 0 amide bonds. The molecule has 1 heterocycles. The number of hydrogen-bond acceptors (Lipinski definition) is 4. The number of carbonyl (C=O) groups excluding carboxylic acids is 1. The van der Waals surface area contributed by atoms with E-state index in [0.717, 1.165) is 5.69 Å². The monoisotopic (exact) mass is 437 g/mol. The van der Waals surface area contributed by atoms with Gasteiger partial charge in [-0.1, -0.05) is 41.9 Å². The number of imidazole rings is 1. The van der Waals surface area contributed by atoms with Crippen LogP contribution >= 0.6 is 11.6 Å². The van der Waals surface area contributed by atoms with Crippen molar-refractivity contribution < 1.29 is 13.2 Å². The molecule has 0 unspecified atom stereocenters. The summed E-state index contributed by atoms with van der Waals surface area (Å²) < 4.78 is 24.9. The molecular formula is C22H16ClN3O3S. The predicted molar refractivity (Wildman–Crippen MR) is 115 cm³/mol. The van der Waals surface area contributed by atoms with E-state index in [9.17, 15) is 13.2 Å². The van der Waals surface area contributed by atoms with E-state index in [2.05, 4.69) is 4.98 Å². The number of ketones is 1. The fourth-order valence-corrected chi connectivity index (χ4v) is 3.66. The van der Waals surface area contributed by atoms with E-state index in [-0.39, 0.29) is 16.4 Å². The molecule has 4 aromatic rings. The SMILES string of the molecule is NS(=O)(=O)c1ccc(-c2nc(C(=O)c3ccccc3)cn2-c2ccc(Cl)cc2)cc1. The molecule has 3 aromatic carbocycles. The zero-order valence-corrected chi connectivity index (χ0v) is 17.1. The van der Waals surface area contributed by atoms with Crippen molar-refractivity contribution in [2.24, 2.45) is 5.14 Å². The number of rotatable bonds is 5. The van der Waals surface area contributed by atoms with Gasteiger partial charge in [0.25, 0.3) is 0 Å². The summed E-state index contributed by atoms with van der Waals surface area (Å²) in [6, 6.07) is 22.0. The van der Waals surface area contributed by atoms with Gasteiger partial charge in [0.1, 0.15) is 11.5 Å². The summed E-state index contributed by atoms with van der Waals surface area (Å²) in [6.45, 7) is 0. The highest BCUT2D eigenvalue weighted by Gasteiger charge is 2.18. The van der Waals surface area contributed by atoms with Crippen molar-refractivity contribution in [1.29, 1.82) is 0 Å². The topological polar surface area (TPSA) is 95.1 Å². The van der Waals surface area contributed by atoms with Crippen molar-refractivity contribution >= 4 is 27.4 Å².